The Morgan fingerprint density at radius 3 is 2.48 bits per heavy atom. The van der Waals surface area contributed by atoms with Crippen LogP contribution in [0.25, 0.3) is 6.08 Å². The molecule has 0 saturated heterocycles. The molecular weight excluding hydrogens is 438 g/mol. The molecule has 4 rings (SSSR count). The van der Waals surface area contributed by atoms with Gasteiger partial charge < -0.3 is 14.1 Å². The summed E-state index contributed by atoms with van der Waals surface area (Å²) in [7, 11) is 5.11. The number of methoxy groups -OCH3 is 1. The maximum atomic E-state index is 13.5. The molecule has 0 amide bonds. The molecule has 8 heteroatoms. The molecule has 172 valence electrons. The summed E-state index contributed by atoms with van der Waals surface area (Å²) in [6.45, 7) is 6.02. The van der Waals surface area contributed by atoms with Crippen LogP contribution in [-0.4, -0.2) is 31.7 Å². The van der Waals surface area contributed by atoms with Crippen LogP contribution in [0.5, 0.6) is 0 Å². The second kappa shape index (κ2) is 8.86. The molecule has 1 aliphatic rings. The van der Waals surface area contributed by atoms with Gasteiger partial charge in [0.1, 0.15) is 5.76 Å². The van der Waals surface area contributed by atoms with Crippen LogP contribution in [0, 0.1) is 0 Å². The van der Waals surface area contributed by atoms with E-state index in [4.69, 9.17) is 9.15 Å². The highest BCUT2D eigenvalue weighted by Gasteiger charge is 2.33. The highest BCUT2D eigenvalue weighted by Crippen LogP contribution is 2.31. The Morgan fingerprint density at radius 2 is 1.91 bits per heavy atom. The fourth-order valence-corrected chi connectivity index (χ4v) is 4.89. The third-order valence-corrected chi connectivity index (χ3v) is 6.66. The number of carbonyl (C=O) groups excluding carboxylic acids is 1. The van der Waals surface area contributed by atoms with Crippen LogP contribution >= 0.6 is 11.3 Å². The molecule has 0 unspecified atom stereocenters. The third kappa shape index (κ3) is 4.18. The van der Waals surface area contributed by atoms with Crippen LogP contribution in [0.1, 0.15) is 49.6 Å². The SMILES string of the molecule is COC(=O)C1=C(C)N=c2s/c(=C\c3ccc(N(C)C)o3)c(=O)n2[C@H]1c1ccc(C(C)C)cc1. The predicted octanol–water partition coefficient (Wildman–Crippen LogP) is 3.19. The Kier molecular flexibility index (Phi) is 6.12. The van der Waals surface area contributed by atoms with E-state index in [0.717, 1.165) is 5.56 Å². The zero-order valence-corrected chi connectivity index (χ0v) is 20.4. The maximum Gasteiger partial charge on any atom is 0.338 e. The topological polar surface area (TPSA) is 77.0 Å². The van der Waals surface area contributed by atoms with Crippen molar-refractivity contribution < 1.29 is 13.9 Å². The van der Waals surface area contributed by atoms with Crippen molar-refractivity contribution in [3.8, 4) is 0 Å². The molecule has 33 heavy (non-hydrogen) atoms. The summed E-state index contributed by atoms with van der Waals surface area (Å²) >= 11 is 1.27. The van der Waals surface area contributed by atoms with Gasteiger partial charge in [-0.3, -0.25) is 9.36 Å². The molecule has 0 N–H and O–H groups in total. The number of anilines is 1. The van der Waals surface area contributed by atoms with Gasteiger partial charge in [-0.15, -0.1) is 0 Å². The standard InChI is InChI=1S/C25H27N3O4S/c1-14(2)16-7-9-17(10-8-16)22-21(24(30)31-6)15(3)26-25-28(22)23(29)19(33-25)13-18-11-12-20(32-18)27(4)5/h7-14,22H,1-6H3/b19-13-/t22-/m0/s1. The number of rotatable bonds is 5. The van der Waals surface area contributed by atoms with E-state index in [9.17, 15) is 9.59 Å². The van der Waals surface area contributed by atoms with E-state index in [0.29, 0.717) is 38.2 Å². The average molecular weight is 466 g/mol. The fraction of sp³-hybridized carbons (Fsp3) is 0.320. The number of benzene rings is 1. The highest BCUT2D eigenvalue weighted by atomic mass is 32.1. The van der Waals surface area contributed by atoms with Crippen LogP contribution in [0.2, 0.25) is 0 Å². The minimum absolute atomic E-state index is 0.228. The molecule has 0 fully saturated rings. The summed E-state index contributed by atoms with van der Waals surface area (Å²) in [4.78, 5) is 33.2. The Morgan fingerprint density at radius 1 is 1.21 bits per heavy atom. The van der Waals surface area contributed by atoms with Crippen LogP contribution in [0.3, 0.4) is 0 Å². The maximum absolute atomic E-state index is 13.5. The molecular formula is C25H27N3O4S. The average Bonchev–Trinajstić information content (AvgIpc) is 3.37. The summed E-state index contributed by atoms with van der Waals surface area (Å²) in [6.07, 6.45) is 1.72. The molecule has 1 aliphatic heterocycles. The van der Waals surface area contributed by atoms with Crippen molar-refractivity contribution in [2.45, 2.75) is 32.7 Å². The number of esters is 1. The number of hydrogen-bond acceptors (Lipinski definition) is 7. The molecule has 7 nitrogen and oxygen atoms in total. The lowest BCUT2D eigenvalue weighted by atomic mass is 9.93. The largest absolute Gasteiger partial charge is 0.466 e. The van der Waals surface area contributed by atoms with Gasteiger partial charge in [0.25, 0.3) is 5.56 Å². The van der Waals surface area contributed by atoms with Crippen LogP contribution in [0.4, 0.5) is 5.88 Å². The van der Waals surface area contributed by atoms with Crippen molar-refractivity contribution in [1.29, 1.82) is 0 Å². The van der Waals surface area contributed by atoms with Crippen molar-refractivity contribution in [1.82, 2.24) is 4.57 Å². The second-order valence-electron chi connectivity index (χ2n) is 8.47. The van der Waals surface area contributed by atoms with E-state index >= 15 is 0 Å². The molecule has 0 radical (unpaired) electrons. The number of nitrogens with zero attached hydrogens (tertiary/aromatic N) is 3. The van der Waals surface area contributed by atoms with Crippen molar-refractivity contribution in [2.24, 2.45) is 4.99 Å². The van der Waals surface area contributed by atoms with Gasteiger partial charge in [-0.25, -0.2) is 9.79 Å². The summed E-state index contributed by atoms with van der Waals surface area (Å²) in [5.41, 5.74) is 2.69. The Labute approximate surface area is 195 Å². The molecule has 1 atom stereocenters. The van der Waals surface area contributed by atoms with Crippen molar-refractivity contribution in [3.05, 3.63) is 84.2 Å². The van der Waals surface area contributed by atoms with Crippen LogP contribution in [0.15, 0.2) is 61.9 Å². The van der Waals surface area contributed by atoms with Gasteiger partial charge in [0.05, 0.1) is 29.0 Å². The molecule has 0 spiro atoms. The first-order valence-corrected chi connectivity index (χ1v) is 11.5. The van der Waals surface area contributed by atoms with Crippen LogP contribution in [-0.2, 0) is 9.53 Å². The van der Waals surface area contributed by atoms with E-state index in [2.05, 4.69) is 18.8 Å². The first kappa shape index (κ1) is 22.8. The normalized spacial score (nSPS) is 16.1. The lowest BCUT2D eigenvalue weighted by Gasteiger charge is -2.24. The first-order valence-electron chi connectivity index (χ1n) is 10.7. The molecule has 0 saturated carbocycles. The number of thiazole rings is 1. The van der Waals surface area contributed by atoms with Gasteiger partial charge in [0, 0.05) is 26.2 Å². The quantitative estimate of drug-likeness (QED) is 0.541. The number of furan rings is 1. The lowest BCUT2D eigenvalue weighted by Crippen LogP contribution is -2.39. The molecule has 3 heterocycles. The third-order valence-electron chi connectivity index (χ3n) is 5.67. The lowest BCUT2D eigenvalue weighted by molar-refractivity contribution is -0.136. The summed E-state index contributed by atoms with van der Waals surface area (Å²) in [5, 5.41) is 0. The van der Waals surface area contributed by atoms with Gasteiger partial charge in [0.15, 0.2) is 10.7 Å². The van der Waals surface area contributed by atoms with E-state index < -0.39 is 12.0 Å². The fourth-order valence-electron chi connectivity index (χ4n) is 3.86. The van der Waals surface area contributed by atoms with Gasteiger partial charge in [-0.2, -0.15) is 0 Å². The zero-order chi connectivity index (χ0) is 23.9. The summed E-state index contributed by atoms with van der Waals surface area (Å²) in [6, 6.07) is 11.1. The summed E-state index contributed by atoms with van der Waals surface area (Å²) < 4.78 is 12.9. The molecule has 2 aromatic heterocycles. The molecule has 1 aromatic carbocycles. The van der Waals surface area contributed by atoms with Crippen molar-refractivity contribution in [2.75, 3.05) is 26.1 Å². The number of fused-ring (bicyclic) bond motifs is 1. The zero-order valence-electron chi connectivity index (χ0n) is 19.6. The van der Waals surface area contributed by atoms with Crippen LogP contribution < -0.4 is 19.8 Å². The highest BCUT2D eigenvalue weighted by molar-refractivity contribution is 7.07. The van der Waals surface area contributed by atoms with E-state index in [1.54, 1.807) is 17.6 Å². The van der Waals surface area contributed by atoms with E-state index in [-0.39, 0.29) is 5.56 Å². The Balaban J connectivity index is 1.91. The number of allylic oxidation sites excluding steroid dienone is 1. The van der Waals surface area contributed by atoms with E-state index in [1.807, 2.05) is 55.4 Å². The number of carbonyl (C=O) groups is 1. The Hall–Kier alpha value is -3.39. The van der Waals surface area contributed by atoms with Gasteiger partial charge in [0.2, 0.25) is 0 Å². The predicted molar refractivity (Wildman–Crippen MR) is 129 cm³/mol. The monoisotopic (exact) mass is 465 g/mol. The molecule has 0 aliphatic carbocycles. The smallest absolute Gasteiger partial charge is 0.338 e. The Bertz CT molecular complexity index is 1400. The number of hydrogen-bond donors (Lipinski definition) is 0. The van der Waals surface area contributed by atoms with Gasteiger partial charge >= 0.3 is 5.97 Å². The van der Waals surface area contributed by atoms with Crippen molar-refractivity contribution in [3.63, 3.8) is 0 Å². The number of ether oxygens (including phenoxy) is 1. The van der Waals surface area contributed by atoms with Gasteiger partial charge in [-0.1, -0.05) is 49.4 Å². The second-order valence-corrected chi connectivity index (χ2v) is 9.47. The first-order chi connectivity index (χ1) is 15.7. The molecule has 0 bridgehead atoms. The van der Waals surface area contributed by atoms with E-state index in [1.165, 1.54) is 24.0 Å². The minimum Gasteiger partial charge on any atom is -0.466 e. The number of aromatic nitrogens is 1. The summed E-state index contributed by atoms with van der Waals surface area (Å²) in [5.74, 6) is 1.15. The van der Waals surface area contributed by atoms with Crippen molar-refractivity contribution >= 4 is 29.3 Å². The minimum atomic E-state index is -0.619. The molecule has 3 aromatic rings. The van der Waals surface area contributed by atoms with Gasteiger partial charge in [-0.05, 0) is 30.0 Å².